The monoisotopic (exact) mass is 431 g/mol. The van der Waals surface area contributed by atoms with E-state index in [1.54, 1.807) is 14.0 Å². The Hall–Kier alpha value is -3.07. The molecule has 0 spiro atoms. The highest BCUT2D eigenvalue weighted by Gasteiger charge is 2.34. The number of nitrogens with zero attached hydrogens (tertiary/aromatic N) is 2. The average Bonchev–Trinajstić information content (AvgIpc) is 3.23. The highest BCUT2D eigenvalue weighted by molar-refractivity contribution is 5.88. The number of methoxy groups -OCH3 is 1. The number of carbonyl (C=O) groups excluding carboxylic acids is 2. The number of hydrogen-bond acceptors (Lipinski definition) is 8. The maximum absolute atomic E-state index is 12.2. The summed E-state index contributed by atoms with van der Waals surface area (Å²) in [7, 11) is 1.59. The highest BCUT2D eigenvalue weighted by atomic mass is 16.5. The van der Waals surface area contributed by atoms with Crippen molar-refractivity contribution in [3.05, 3.63) is 47.3 Å². The van der Waals surface area contributed by atoms with E-state index in [4.69, 9.17) is 18.6 Å². The Morgan fingerprint density at radius 3 is 2.68 bits per heavy atom. The normalized spacial score (nSPS) is 18.5. The number of oxazole rings is 1. The fourth-order valence-electron chi connectivity index (χ4n) is 3.48. The minimum absolute atomic E-state index is 0.204. The quantitative estimate of drug-likeness (QED) is 0.637. The molecule has 0 saturated carbocycles. The molecule has 2 heterocycles. The number of carbonyl (C=O) groups is 2. The molecule has 1 fully saturated rings. The molecule has 1 N–H and O–H groups in total. The topological polar surface area (TPSA) is 103 Å². The summed E-state index contributed by atoms with van der Waals surface area (Å²) in [6.45, 7) is 5.14. The first kappa shape index (κ1) is 22.6. The molecule has 1 aliphatic rings. The van der Waals surface area contributed by atoms with Crippen molar-refractivity contribution < 1.29 is 28.2 Å². The maximum Gasteiger partial charge on any atom is 0.407 e. The molecule has 3 rings (SSSR count). The molecule has 1 amide bonds. The van der Waals surface area contributed by atoms with Gasteiger partial charge in [-0.25, -0.2) is 9.59 Å². The number of ether oxygens (including phenoxy) is 3. The molecule has 0 bridgehead atoms. The summed E-state index contributed by atoms with van der Waals surface area (Å²) in [5.74, 6) is 0.00232. The molecule has 0 radical (unpaired) electrons. The van der Waals surface area contributed by atoms with Crippen LogP contribution in [0.3, 0.4) is 0 Å². The minimum atomic E-state index is -0.490. The zero-order valence-corrected chi connectivity index (χ0v) is 18.1. The maximum atomic E-state index is 12.2. The SMILES string of the molecule is CCOC(=O)c1nc(N2CCC(NC(=O)OCc3ccccc3)C(OC)C2)oc1CC. The van der Waals surface area contributed by atoms with Gasteiger partial charge in [-0.2, -0.15) is 4.98 Å². The Kier molecular flexibility index (Phi) is 7.88. The van der Waals surface area contributed by atoms with Crippen LogP contribution in [0.25, 0.3) is 0 Å². The summed E-state index contributed by atoms with van der Waals surface area (Å²) in [4.78, 5) is 30.6. The molecule has 1 aromatic heterocycles. The fraction of sp³-hybridized carbons (Fsp3) is 0.500. The molecule has 2 aromatic rings. The Morgan fingerprint density at radius 1 is 1.23 bits per heavy atom. The van der Waals surface area contributed by atoms with E-state index in [1.807, 2.05) is 42.2 Å². The zero-order valence-electron chi connectivity index (χ0n) is 18.1. The number of benzene rings is 1. The van der Waals surface area contributed by atoms with Crippen molar-refractivity contribution in [1.29, 1.82) is 0 Å². The number of piperidine rings is 1. The van der Waals surface area contributed by atoms with Crippen LogP contribution in [-0.2, 0) is 27.2 Å². The Balaban J connectivity index is 1.59. The number of nitrogens with one attached hydrogen (secondary N) is 1. The van der Waals surface area contributed by atoms with E-state index in [0.717, 1.165) is 5.56 Å². The second kappa shape index (κ2) is 10.8. The van der Waals surface area contributed by atoms with Gasteiger partial charge < -0.3 is 28.8 Å². The number of esters is 1. The van der Waals surface area contributed by atoms with Gasteiger partial charge in [-0.15, -0.1) is 0 Å². The second-order valence-corrected chi connectivity index (χ2v) is 7.16. The molecule has 1 aromatic carbocycles. The van der Waals surface area contributed by atoms with E-state index in [9.17, 15) is 9.59 Å². The van der Waals surface area contributed by atoms with E-state index >= 15 is 0 Å². The van der Waals surface area contributed by atoms with E-state index in [1.165, 1.54) is 0 Å². The van der Waals surface area contributed by atoms with Crippen LogP contribution in [-0.4, -0.2) is 56.0 Å². The van der Waals surface area contributed by atoms with Crippen LogP contribution < -0.4 is 10.2 Å². The number of aromatic nitrogens is 1. The lowest BCUT2D eigenvalue weighted by Gasteiger charge is -2.37. The molecule has 1 saturated heterocycles. The molecule has 2 unspecified atom stereocenters. The van der Waals surface area contributed by atoms with Crippen LogP contribution in [0.4, 0.5) is 10.8 Å². The van der Waals surface area contributed by atoms with E-state index in [2.05, 4.69) is 10.3 Å². The molecule has 0 aliphatic carbocycles. The summed E-state index contributed by atoms with van der Waals surface area (Å²) in [6, 6.07) is 9.64. The van der Waals surface area contributed by atoms with Gasteiger partial charge in [0.1, 0.15) is 12.4 Å². The van der Waals surface area contributed by atoms with Crippen molar-refractivity contribution >= 4 is 18.1 Å². The van der Waals surface area contributed by atoms with Gasteiger partial charge in [0.05, 0.1) is 25.3 Å². The molecule has 9 heteroatoms. The van der Waals surface area contributed by atoms with Crippen molar-refractivity contribution in [3.8, 4) is 0 Å². The van der Waals surface area contributed by atoms with Crippen LogP contribution in [0.5, 0.6) is 0 Å². The van der Waals surface area contributed by atoms with Gasteiger partial charge in [0, 0.05) is 20.1 Å². The smallest absolute Gasteiger partial charge is 0.407 e. The third kappa shape index (κ3) is 5.75. The summed E-state index contributed by atoms with van der Waals surface area (Å²) in [5.41, 5.74) is 1.13. The predicted octanol–water partition coefficient (Wildman–Crippen LogP) is 2.93. The minimum Gasteiger partial charge on any atom is -0.461 e. The van der Waals surface area contributed by atoms with Gasteiger partial charge in [0.2, 0.25) is 0 Å². The Labute approximate surface area is 181 Å². The lowest BCUT2D eigenvalue weighted by molar-refractivity contribution is 0.0516. The summed E-state index contributed by atoms with van der Waals surface area (Å²) in [5, 5.41) is 2.89. The first-order chi connectivity index (χ1) is 15.0. The molecule has 9 nitrogen and oxygen atoms in total. The van der Waals surface area contributed by atoms with Crippen molar-refractivity contribution in [3.63, 3.8) is 0 Å². The van der Waals surface area contributed by atoms with Gasteiger partial charge in [-0.3, -0.25) is 0 Å². The second-order valence-electron chi connectivity index (χ2n) is 7.16. The number of rotatable bonds is 8. The van der Waals surface area contributed by atoms with Crippen molar-refractivity contribution in [2.45, 2.75) is 45.4 Å². The van der Waals surface area contributed by atoms with Crippen LogP contribution in [0.1, 0.15) is 42.1 Å². The molecular weight excluding hydrogens is 402 g/mol. The van der Waals surface area contributed by atoms with Crippen LogP contribution in [0.15, 0.2) is 34.7 Å². The third-order valence-electron chi connectivity index (χ3n) is 5.12. The van der Waals surface area contributed by atoms with Crippen LogP contribution in [0.2, 0.25) is 0 Å². The molecular formula is C22H29N3O6. The molecule has 168 valence electrons. The predicted molar refractivity (Wildman–Crippen MR) is 113 cm³/mol. The third-order valence-corrected chi connectivity index (χ3v) is 5.12. The number of aryl methyl sites for hydroxylation is 1. The molecule has 2 atom stereocenters. The zero-order chi connectivity index (χ0) is 22.2. The number of alkyl carbamates (subject to hydrolysis) is 1. The number of amides is 1. The van der Waals surface area contributed by atoms with Gasteiger partial charge in [-0.05, 0) is 18.9 Å². The van der Waals surface area contributed by atoms with Gasteiger partial charge in [0.15, 0.2) is 5.69 Å². The first-order valence-electron chi connectivity index (χ1n) is 10.5. The summed E-state index contributed by atoms with van der Waals surface area (Å²) in [6.07, 6.45) is 0.358. The van der Waals surface area contributed by atoms with E-state index in [-0.39, 0.29) is 31.1 Å². The number of anilines is 1. The summed E-state index contributed by atoms with van der Waals surface area (Å²) < 4.78 is 21.8. The van der Waals surface area contributed by atoms with Crippen molar-refractivity contribution in [2.75, 3.05) is 31.7 Å². The highest BCUT2D eigenvalue weighted by Crippen LogP contribution is 2.25. The van der Waals surface area contributed by atoms with E-state index < -0.39 is 12.1 Å². The average molecular weight is 431 g/mol. The van der Waals surface area contributed by atoms with Crippen LogP contribution in [0, 0.1) is 0 Å². The summed E-state index contributed by atoms with van der Waals surface area (Å²) >= 11 is 0. The van der Waals surface area contributed by atoms with Crippen LogP contribution >= 0.6 is 0 Å². The molecule has 31 heavy (non-hydrogen) atoms. The standard InChI is InChI=1S/C22H29N3O6/c1-4-17-19(20(26)29-5-2)24-21(31-17)25-12-11-16(18(13-25)28-3)23-22(27)30-14-15-9-7-6-8-10-15/h6-10,16,18H,4-5,11-14H2,1-3H3,(H,23,27). The largest absolute Gasteiger partial charge is 0.461 e. The van der Waals surface area contributed by atoms with Gasteiger partial charge in [-0.1, -0.05) is 37.3 Å². The van der Waals surface area contributed by atoms with Crippen molar-refractivity contribution in [1.82, 2.24) is 10.3 Å². The van der Waals surface area contributed by atoms with Gasteiger partial charge >= 0.3 is 12.1 Å². The lowest BCUT2D eigenvalue weighted by Crippen LogP contribution is -2.55. The fourth-order valence-corrected chi connectivity index (χ4v) is 3.48. The molecule has 1 aliphatic heterocycles. The Bertz CT molecular complexity index is 869. The number of hydrogen-bond donors (Lipinski definition) is 1. The Morgan fingerprint density at radius 2 is 2.00 bits per heavy atom. The first-order valence-corrected chi connectivity index (χ1v) is 10.5. The lowest BCUT2D eigenvalue weighted by atomic mass is 10.0. The van der Waals surface area contributed by atoms with Crippen molar-refractivity contribution in [2.24, 2.45) is 0 Å². The van der Waals surface area contributed by atoms with Gasteiger partial charge in [0.25, 0.3) is 6.01 Å². The van der Waals surface area contributed by atoms with E-state index in [0.29, 0.717) is 37.7 Å².